The van der Waals surface area contributed by atoms with Crippen LogP contribution in [0.2, 0.25) is 0 Å². The highest BCUT2D eigenvalue weighted by Gasteiger charge is 2.47. The molecule has 0 aliphatic carbocycles. The zero-order chi connectivity index (χ0) is 20.6. The van der Waals surface area contributed by atoms with Gasteiger partial charge in [0.2, 0.25) is 0 Å². The van der Waals surface area contributed by atoms with Crippen LogP contribution in [-0.4, -0.2) is 21.9 Å². The number of benzene rings is 1. The third kappa shape index (κ3) is 3.54. The second kappa shape index (κ2) is 7.01. The monoisotopic (exact) mass is 401 g/mol. The third-order valence-electron chi connectivity index (χ3n) is 4.64. The number of halogens is 3. The van der Waals surface area contributed by atoms with Crippen LogP contribution >= 0.6 is 0 Å². The minimum atomic E-state index is -4.55. The van der Waals surface area contributed by atoms with Crippen LogP contribution in [0.25, 0.3) is 0 Å². The summed E-state index contributed by atoms with van der Waals surface area (Å²) < 4.78 is 46.9. The van der Waals surface area contributed by atoms with E-state index in [1.165, 1.54) is 30.5 Å². The molecule has 0 unspecified atom stereocenters. The van der Waals surface area contributed by atoms with Gasteiger partial charge in [0.15, 0.2) is 6.04 Å². The molecule has 0 radical (unpaired) electrons. The number of hydrogen-bond acceptors (Lipinski definition) is 5. The van der Waals surface area contributed by atoms with Crippen molar-refractivity contribution in [3.63, 3.8) is 0 Å². The van der Waals surface area contributed by atoms with Gasteiger partial charge in [-0.2, -0.15) is 23.5 Å². The van der Waals surface area contributed by atoms with E-state index in [9.17, 15) is 18.0 Å². The van der Waals surface area contributed by atoms with E-state index < -0.39 is 24.2 Å². The van der Waals surface area contributed by atoms with E-state index in [4.69, 9.17) is 9.68 Å². The summed E-state index contributed by atoms with van der Waals surface area (Å²) in [6.45, 7) is 0. The highest BCUT2D eigenvalue weighted by Crippen LogP contribution is 2.44. The van der Waals surface area contributed by atoms with Crippen molar-refractivity contribution in [3.05, 3.63) is 65.7 Å². The first-order chi connectivity index (χ1) is 13.9. The fourth-order valence-corrected chi connectivity index (χ4v) is 3.23. The number of amides is 1. The summed E-state index contributed by atoms with van der Waals surface area (Å²) in [6.07, 6.45) is -2.38. The maximum absolute atomic E-state index is 13.6. The summed E-state index contributed by atoms with van der Waals surface area (Å²) in [5, 5.41) is 18.2. The van der Waals surface area contributed by atoms with Crippen molar-refractivity contribution in [2.24, 2.45) is 0 Å². The zero-order valence-electron chi connectivity index (χ0n) is 14.8. The van der Waals surface area contributed by atoms with E-state index in [0.717, 1.165) is 10.9 Å². The minimum Gasteiger partial charge on any atom is -0.467 e. The minimum absolute atomic E-state index is 0.0279. The van der Waals surface area contributed by atoms with Crippen LogP contribution in [0.3, 0.4) is 0 Å². The van der Waals surface area contributed by atoms with Crippen LogP contribution in [0.4, 0.5) is 24.7 Å². The van der Waals surface area contributed by atoms with E-state index in [1.807, 2.05) is 6.07 Å². The number of nitrogens with zero attached hydrogens (tertiary/aromatic N) is 3. The molecule has 1 aromatic carbocycles. The van der Waals surface area contributed by atoms with Gasteiger partial charge < -0.3 is 15.1 Å². The quantitative estimate of drug-likeness (QED) is 0.684. The van der Waals surface area contributed by atoms with Crippen molar-refractivity contribution < 1.29 is 22.4 Å². The first-order valence-electron chi connectivity index (χ1n) is 8.62. The van der Waals surface area contributed by atoms with Gasteiger partial charge in [-0.1, -0.05) is 0 Å². The number of anilines is 2. The van der Waals surface area contributed by atoms with Crippen molar-refractivity contribution in [2.45, 2.75) is 24.7 Å². The molecule has 7 nitrogen and oxygen atoms in total. The molecule has 1 aliphatic rings. The van der Waals surface area contributed by atoms with Crippen molar-refractivity contribution in [1.82, 2.24) is 9.78 Å². The molecule has 0 fully saturated rings. The van der Waals surface area contributed by atoms with E-state index in [2.05, 4.69) is 15.7 Å². The molecule has 10 heteroatoms. The Kier molecular flexibility index (Phi) is 4.50. The second-order valence-electron chi connectivity index (χ2n) is 6.50. The van der Waals surface area contributed by atoms with Gasteiger partial charge in [-0.3, -0.25) is 4.79 Å². The van der Waals surface area contributed by atoms with Gasteiger partial charge >= 0.3 is 6.18 Å². The fourth-order valence-electron chi connectivity index (χ4n) is 3.23. The standard InChI is InChI=1S/C19H14F3N5O2/c20-19(21,22)16-8-14(15-2-1-7-29-15)26-17-13(10-24-27(16)17)18(28)25-12-5-3-11(9-23)4-6-12/h1-7,10,14,16,26H,8H2,(H,25,28)/t14-,16-/m1/s1. The van der Waals surface area contributed by atoms with E-state index in [1.54, 1.807) is 12.1 Å². The third-order valence-corrected chi connectivity index (χ3v) is 4.64. The van der Waals surface area contributed by atoms with Gasteiger partial charge in [0.25, 0.3) is 5.91 Å². The zero-order valence-corrected chi connectivity index (χ0v) is 14.8. The summed E-state index contributed by atoms with van der Waals surface area (Å²) in [5.41, 5.74) is 0.793. The maximum atomic E-state index is 13.6. The van der Waals surface area contributed by atoms with E-state index in [-0.39, 0.29) is 17.8 Å². The molecule has 148 valence electrons. The number of furan rings is 1. The predicted molar refractivity (Wildman–Crippen MR) is 96.1 cm³/mol. The molecule has 0 saturated carbocycles. The Bertz CT molecular complexity index is 1060. The second-order valence-corrected chi connectivity index (χ2v) is 6.50. The molecule has 1 amide bonds. The first kappa shape index (κ1) is 18.6. The van der Waals surface area contributed by atoms with Gasteiger partial charge in [0, 0.05) is 12.1 Å². The maximum Gasteiger partial charge on any atom is 0.410 e. The number of hydrogen-bond donors (Lipinski definition) is 2. The molecular weight excluding hydrogens is 387 g/mol. The van der Waals surface area contributed by atoms with Crippen LogP contribution in [0.5, 0.6) is 0 Å². The van der Waals surface area contributed by atoms with Gasteiger partial charge in [0.05, 0.1) is 30.1 Å². The summed E-state index contributed by atoms with van der Waals surface area (Å²) in [5.74, 6) is -0.319. The van der Waals surface area contributed by atoms with Crippen LogP contribution < -0.4 is 10.6 Å². The predicted octanol–water partition coefficient (Wildman–Crippen LogP) is 4.26. The number of aromatic nitrogens is 2. The molecule has 4 rings (SSSR count). The molecule has 2 N–H and O–H groups in total. The highest BCUT2D eigenvalue weighted by molar-refractivity contribution is 6.07. The normalized spacial score (nSPS) is 18.4. The van der Waals surface area contributed by atoms with Gasteiger partial charge in [-0.05, 0) is 36.4 Å². The molecule has 0 bridgehead atoms. The van der Waals surface area contributed by atoms with Crippen LogP contribution in [0.15, 0.2) is 53.3 Å². The molecular formula is C19H14F3N5O2. The number of carbonyl (C=O) groups is 1. The molecule has 1 aliphatic heterocycles. The van der Waals surface area contributed by atoms with Crippen LogP contribution in [0, 0.1) is 11.3 Å². The van der Waals surface area contributed by atoms with Gasteiger partial charge in [0.1, 0.15) is 17.1 Å². The summed E-state index contributed by atoms with van der Waals surface area (Å²) >= 11 is 0. The van der Waals surface area contributed by atoms with Crippen molar-refractivity contribution in [1.29, 1.82) is 5.26 Å². The largest absolute Gasteiger partial charge is 0.467 e. The van der Waals surface area contributed by atoms with E-state index in [0.29, 0.717) is 17.0 Å². The lowest BCUT2D eigenvalue weighted by Gasteiger charge is -2.32. The highest BCUT2D eigenvalue weighted by atomic mass is 19.4. The smallest absolute Gasteiger partial charge is 0.410 e. The molecule has 2 atom stereocenters. The number of carbonyl (C=O) groups excluding carboxylic acids is 1. The first-order valence-corrected chi connectivity index (χ1v) is 8.62. The lowest BCUT2D eigenvalue weighted by molar-refractivity contribution is -0.174. The van der Waals surface area contributed by atoms with E-state index >= 15 is 0 Å². The van der Waals surface area contributed by atoms with Gasteiger partial charge in [-0.25, -0.2) is 4.68 Å². The van der Waals surface area contributed by atoms with Crippen molar-refractivity contribution >= 4 is 17.4 Å². The van der Waals surface area contributed by atoms with Gasteiger partial charge in [-0.15, -0.1) is 0 Å². The van der Waals surface area contributed by atoms with Crippen LogP contribution in [0.1, 0.15) is 40.2 Å². The summed E-state index contributed by atoms with van der Waals surface area (Å²) in [7, 11) is 0. The number of fused-ring (bicyclic) bond motifs is 1. The van der Waals surface area contributed by atoms with Crippen molar-refractivity contribution in [3.8, 4) is 6.07 Å². The molecule has 3 heterocycles. The average molecular weight is 401 g/mol. The Morgan fingerprint density at radius 1 is 1.31 bits per heavy atom. The Balaban J connectivity index is 1.66. The molecule has 0 spiro atoms. The SMILES string of the molecule is N#Cc1ccc(NC(=O)c2cnn3c2N[C@@H](c2ccco2)C[C@@H]3C(F)(F)F)cc1. The molecule has 3 aromatic rings. The fraction of sp³-hybridized carbons (Fsp3) is 0.211. The average Bonchev–Trinajstić information content (AvgIpc) is 3.37. The molecule has 0 saturated heterocycles. The lowest BCUT2D eigenvalue weighted by Crippen LogP contribution is -2.36. The summed E-state index contributed by atoms with van der Waals surface area (Å²) in [6, 6.07) is 8.57. The lowest BCUT2D eigenvalue weighted by atomic mass is 10.0. The van der Waals surface area contributed by atoms with Crippen LogP contribution in [-0.2, 0) is 0 Å². The Labute approximate surface area is 162 Å². The number of alkyl halides is 3. The Morgan fingerprint density at radius 2 is 2.07 bits per heavy atom. The number of rotatable bonds is 3. The topological polar surface area (TPSA) is 95.9 Å². The van der Waals surface area contributed by atoms with Crippen molar-refractivity contribution in [2.75, 3.05) is 10.6 Å². The molecule has 2 aromatic heterocycles. The number of nitrogens with one attached hydrogen (secondary N) is 2. The Hall–Kier alpha value is -3.74. The Morgan fingerprint density at radius 3 is 2.69 bits per heavy atom. The molecule has 29 heavy (non-hydrogen) atoms. The number of nitriles is 1. The summed E-state index contributed by atoms with van der Waals surface area (Å²) in [4.78, 5) is 12.7.